The number of esters is 1. The third-order valence-electron chi connectivity index (χ3n) is 1.73. The second-order valence-corrected chi connectivity index (χ2v) is 3.65. The third kappa shape index (κ3) is 3.36. The van der Waals surface area contributed by atoms with Crippen LogP contribution in [-0.4, -0.2) is 12.6 Å². The van der Waals surface area contributed by atoms with Crippen LogP contribution in [-0.2, 0) is 16.0 Å². The van der Waals surface area contributed by atoms with Gasteiger partial charge in [-0.15, -0.1) is 0 Å². The van der Waals surface area contributed by atoms with Crippen molar-refractivity contribution in [3.8, 4) is 0 Å². The van der Waals surface area contributed by atoms with E-state index in [2.05, 4.69) is 0 Å². The fourth-order valence-corrected chi connectivity index (χ4v) is 1.47. The lowest BCUT2D eigenvalue weighted by atomic mass is 10.1. The molecule has 15 heavy (non-hydrogen) atoms. The van der Waals surface area contributed by atoms with E-state index in [-0.39, 0.29) is 16.5 Å². The number of carbonyl (C=O) groups excluding carboxylic acids is 1. The highest BCUT2D eigenvalue weighted by atomic mass is 35.5. The molecule has 0 aliphatic heterocycles. The summed E-state index contributed by atoms with van der Waals surface area (Å²) >= 11 is 11.3. The molecule has 1 rings (SSSR count). The Morgan fingerprint density at radius 1 is 1.40 bits per heavy atom. The summed E-state index contributed by atoms with van der Waals surface area (Å²) in [6.45, 7) is 2.00. The molecule has 0 saturated carbocycles. The molecule has 0 atom stereocenters. The van der Waals surface area contributed by atoms with Crippen LogP contribution < -0.4 is 0 Å². The minimum atomic E-state index is -0.603. The number of rotatable bonds is 3. The van der Waals surface area contributed by atoms with E-state index < -0.39 is 11.8 Å². The molecule has 0 spiro atoms. The second kappa shape index (κ2) is 5.33. The number of hydrogen-bond donors (Lipinski definition) is 0. The summed E-state index contributed by atoms with van der Waals surface area (Å²) in [7, 11) is 0. The van der Waals surface area contributed by atoms with Gasteiger partial charge in [-0.2, -0.15) is 0 Å². The van der Waals surface area contributed by atoms with Crippen LogP contribution in [0.4, 0.5) is 4.39 Å². The first-order chi connectivity index (χ1) is 7.04. The first-order valence-corrected chi connectivity index (χ1v) is 5.09. The van der Waals surface area contributed by atoms with Gasteiger partial charge in [0.15, 0.2) is 0 Å². The molecule has 2 nitrogen and oxygen atoms in total. The average Bonchev–Trinajstić information content (AvgIpc) is 2.14. The van der Waals surface area contributed by atoms with Crippen LogP contribution in [0.1, 0.15) is 12.5 Å². The Bertz CT molecular complexity index is 380. The summed E-state index contributed by atoms with van der Waals surface area (Å²) in [5, 5.41) is 0.114. The largest absolute Gasteiger partial charge is 0.466 e. The Labute approximate surface area is 96.9 Å². The number of carbonyl (C=O) groups is 1. The molecular formula is C10H9Cl2FO2. The quantitative estimate of drug-likeness (QED) is 0.608. The van der Waals surface area contributed by atoms with Gasteiger partial charge >= 0.3 is 5.97 Å². The highest BCUT2D eigenvalue weighted by Gasteiger charge is 2.11. The first kappa shape index (κ1) is 12.3. The van der Waals surface area contributed by atoms with Gasteiger partial charge in [0.05, 0.1) is 18.1 Å². The lowest BCUT2D eigenvalue weighted by Gasteiger charge is -2.05. The molecule has 0 aliphatic carbocycles. The fraction of sp³-hybridized carbons (Fsp3) is 0.300. The Morgan fingerprint density at radius 3 is 2.67 bits per heavy atom. The Kier molecular flexibility index (Phi) is 4.36. The Balaban J connectivity index is 2.86. The monoisotopic (exact) mass is 250 g/mol. The number of hydrogen-bond acceptors (Lipinski definition) is 2. The smallest absolute Gasteiger partial charge is 0.310 e. The van der Waals surface area contributed by atoms with Gasteiger partial charge in [-0.1, -0.05) is 23.2 Å². The lowest BCUT2D eigenvalue weighted by Crippen LogP contribution is -2.08. The molecule has 0 N–H and O–H groups in total. The first-order valence-electron chi connectivity index (χ1n) is 4.33. The van der Waals surface area contributed by atoms with Crippen molar-refractivity contribution in [1.29, 1.82) is 0 Å². The predicted molar refractivity (Wildman–Crippen MR) is 56.8 cm³/mol. The lowest BCUT2D eigenvalue weighted by molar-refractivity contribution is -0.142. The van der Waals surface area contributed by atoms with Gasteiger partial charge in [0.2, 0.25) is 0 Å². The topological polar surface area (TPSA) is 26.3 Å². The summed E-state index contributed by atoms with van der Waals surface area (Å²) in [5.74, 6) is -1.02. The van der Waals surface area contributed by atoms with Gasteiger partial charge < -0.3 is 4.74 Å². The van der Waals surface area contributed by atoms with Crippen molar-refractivity contribution in [2.75, 3.05) is 6.61 Å². The minimum absolute atomic E-state index is 0.00727. The van der Waals surface area contributed by atoms with E-state index in [4.69, 9.17) is 27.9 Å². The van der Waals surface area contributed by atoms with E-state index in [0.717, 1.165) is 6.07 Å². The Hall–Kier alpha value is -0.800. The van der Waals surface area contributed by atoms with Crippen molar-refractivity contribution in [2.24, 2.45) is 0 Å². The highest BCUT2D eigenvalue weighted by molar-refractivity contribution is 6.33. The molecule has 0 saturated heterocycles. The van der Waals surface area contributed by atoms with Crippen LogP contribution in [0.2, 0.25) is 10.0 Å². The van der Waals surface area contributed by atoms with Crippen molar-refractivity contribution in [3.63, 3.8) is 0 Å². The van der Waals surface area contributed by atoms with E-state index in [1.54, 1.807) is 6.92 Å². The van der Waals surface area contributed by atoms with Gasteiger partial charge in [-0.05, 0) is 24.6 Å². The van der Waals surface area contributed by atoms with E-state index in [1.807, 2.05) is 0 Å². The van der Waals surface area contributed by atoms with E-state index in [9.17, 15) is 9.18 Å². The molecule has 0 fully saturated rings. The van der Waals surface area contributed by atoms with Crippen LogP contribution >= 0.6 is 23.2 Å². The number of benzene rings is 1. The van der Waals surface area contributed by atoms with Crippen molar-refractivity contribution >= 4 is 29.2 Å². The third-order valence-corrected chi connectivity index (χ3v) is 2.37. The van der Waals surface area contributed by atoms with E-state index in [1.165, 1.54) is 6.07 Å². The summed E-state index contributed by atoms with van der Waals surface area (Å²) in [4.78, 5) is 11.1. The standard InChI is InChI=1S/C10H9Cl2FO2/c1-2-15-10(14)4-6-3-8(12)9(13)5-7(6)11/h3,5H,2,4H2,1H3. The molecule has 82 valence electrons. The normalized spacial score (nSPS) is 10.1. The van der Waals surface area contributed by atoms with Crippen LogP contribution in [0.15, 0.2) is 12.1 Å². The predicted octanol–water partition coefficient (Wildman–Crippen LogP) is 3.24. The molecule has 1 aromatic rings. The molecule has 0 heterocycles. The van der Waals surface area contributed by atoms with Crippen LogP contribution in [0.25, 0.3) is 0 Å². The maximum absolute atomic E-state index is 12.9. The molecule has 0 radical (unpaired) electrons. The van der Waals surface area contributed by atoms with Crippen LogP contribution in [0.5, 0.6) is 0 Å². The summed E-state index contributed by atoms with van der Waals surface area (Å²) < 4.78 is 17.6. The van der Waals surface area contributed by atoms with Crippen LogP contribution in [0.3, 0.4) is 0 Å². The summed E-state index contributed by atoms with van der Waals surface area (Å²) in [6.07, 6.45) is -0.00727. The molecule has 0 bridgehead atoms. The highest BCUT2D eigenvalue weighted by Crippen LogP contribution is 2.24. The van der Waals surface area contributed by atoms with Gasteiger partial charge in [0.25, 0.3) is 0 Å². The van der Waals surface area contributed by atoms with Crippen molar-refractivity contribution in [3.05, 3.63) is 33.6 Å². The molecule has 0 unspecified atom stereocenters. The Morgan fingerprint density at radius 2 is 2.07 bits per heavy atom. The van der Waals surface area contributed by atoms with Gasteiger partial charge in [-0.25, -0.2) is 4.39 Å². The molecule has 1 aromatic carbocycles. The maximum atomic E-state index is 12.9. The number of ether oxygens (including phenoxy) is 1. The summed E-state index contributed by atoms with van der Waals surface area (Å²) in [5.41, 5.74) is 0.460. The average molecular weight is 251 g/mol. The van der Waals surface area contributed by atoms with Gasteiger partial charge in [0.1, 0.15) is 5.82 Å². The molecule has 0 aromatic heterocycles. The van der Waals surface area contributed by atoms with Gasteiger partial charge in [-0.3, -0.25) is 4.79 Å². The zero-order valence-electron chi connectivity index (χ0n) is 8.02. The van der Waals surface area contributed by atoms with E-state index in [0.29, 0.717) is 12.2 Å². The van der Waals surface area contributed by atoms with Crippen molar-refractivity contribution < 1.29 is 13.9 Å². The molecular weight excluding hydrogens is 242 g/mol. The summed E-state index contributed by atoms with van der Waals surface area (Å²) in [6, 6.07) is 2.41. The molecule has 0 aliphatic rings. The SMILES string of the molecule is CCOC(=O)Cc1cc(Cl)c(F)cc1Cl. The fourth-order valence-electron chi connectivity index (χ4n) is 1.07. The maximum Gasteiger partial charge on any atom is 0.310 e. The second-order valence-electron chi connectivity index (χ2n) is 2.84. The van der Waals surface area contributed by atoms with E-state index >= 15 is 0 Å². The van der Waals surface area contributed by atoms with Crippen LogP contribution in [0, 0.1) is 5.82 Å². The zero-order valence-corrected chi connectivity index (χ0v) is 9.53. The minimum Gasteiger partial charge on any atom is -0.466 e. The van der Waals surface area contributed by atoms with Gasteiger partial charge in [0, 0.05) is 5.02 Å². The molecule has 5 heteroatoms. The van der Waals surface area contributed by atoms with Crippen molar-refractivity contribution in [2.45, 2.75) is 13.3 Å². The molecule has 0 amide bonds. The van der Waals surface area contributed by atoms with Crippen molar-refractivity contribution in [1.82, 2.24) is 0 Å². The number of halogens is 3. The zero-order chi connectivity index (χ0) is 11.4.